The van der Waals surface area contributed by atoms with Crippen molar-refractivity contribution in [3.8, 4) is 11.5 Å². The van der Waals surface area contributed by atoms with Gasteiger partial charge < -0.3 is 14.4 Å². The number of halogens is 1. The Bertz CT molecular complexity index is 1030. The first-order chi connectivity index (χ1) is 14.8. The number of ether oxygens (including phenoxy) is 2. The number of carbonyl (C=O) groups is 1. The highest BCUT2D eigenvalue weighted by molar-refractivity contribution is 7.98. The van der Waals surface area contributed by atoms with E-state index < -0.39 is 27.8 Å². The van der Waals surface area contributed by atoms with Gasteiger partial charge in [0.25, 0.3) is 0 Å². The Hall–Kier alpha value is -2.30. The molecule has 168 valence electrons. The van der Waals surface area contributed by atoms with Crippen LogP contribution in [0.5, 0.6) is 11.5 Å². The van der Waals surface area contributed by atoms with E-state index in [1.165, 1.54) is 48.0 Å². The minimum absolute atomic E-state index is 0.0181. The molecule has 0 bridgehead atoms. The maximum Gasteiger partial charge on any atom is 0.241 e. The molecule has 0 unspecified atom stereocenters. The minimum Gasteiger partial charge on any atom is -0.486 e. The second kappa shape index (κ2) is 10.3. The van der Waals surface area contributed by atoms with E-state index in [2.05, 4.69) is 4.72 Å². The van der Waals surface area contributed by atoms with E-state index in [-0.39, 0.29) is 11.4 Å². The Kier molecular flexibility index (Phi) is 7.79. The fourth-order valence-corrected chi connectivity index (χ4v) is 4.85. The number of carbonyl (C=O) groups excluding carboxylic acids is 1. The van der Waals surface area contributed by atoms with Gasteiger partial charge >= 0.3 is 0 Å². The molecule has 1 aliphatic heterocycles. The predicted octanol–water partition coefficient (Wildman–Crippen LogP) is 2.66. The zero-order chi connectivity index (χ0) is 22.4. The average molecular weight is 469 g/mol. The van der Waals surface area contributed by atoms with Crippen molar-refractivity contribution in [2.45, 2.75) is 23.9 Å². The monoisotopic (exact) mass is 468 g/mol. The Morgan fingerprint density at radius 2 is 1.90 bits per heavy atom. The summed E-state index contributed by atoms with van der Waals surface area (Å²) in [7, 11) is -2.47. The second-order valence-electron chi connectivity index (χ2n) is 7.05. The van der Waals surface area contributed by atoms with Crippen molar-refractivity contribution in [1.82, 2.24) is 9.62 Å². The fraction of sp³-hybridized carbons (Fsp3) is 0.381. The summed E-state index contributed by atoms with van der Waals surface area (Å²) in [6.45, 7) is 0.767. The SMILES string of the molecule is CSCC[C@H](NS(=O)(=O)c1ccc2c(c1)OCCO2)C(=O)N(C)Cc1ccccc1F. The highest BCUT2D eigenvalue weighted by Crippen LogP contribution is 2.32. The Balaban J connectivity index is 1.78. The van der Waals surface area contributed by atoms with E-state index in [1.807, 2.05) is 6.26 Å². The summed E-state index contributed by atoms with van der Waals surface area (Å²) in [5.74, 6) is 0.550. The minimum atomic E-state index is -4.00. The molecule has 3 rings (SSSR count). The molecule has 2 aromatic carbocycles. The molecule has 7 nitrogen and oxygen atoms in total. The molecule has 0 saturated heterocycles. The molecule has 10 heteroatoms. The van der Waals surface area contributed by atoms with Crippen LogP contribution in [-0.4, -0.2) is 57.5 Å². The number of nitrogens with zero attached hydrogens (tertiary/aromatic N) is 1. The standard InChI is InChI=1S/C21H25FN2O5S2/c1-24(14-15-5-3-4-6-17(15)22)21(25)18(9-12-30-2)23-31(26,27)16-7-8-19-20(13-16)29-11-10-28-19/h3-8,13,18,23H,9-12,14H2,1-2H3/t18-/m0/s1. The van der Waals surface area contributed by atoms with Gasteiger partial charge in [0.05, 0.1) is 4.90 Å². The number of rotatable bonds is 9. The van der Waals surface area contributed by atoms with Crippen LogP contribution >= 0.6 is 11.8 Å². The lowest BCUT2D eigenvalue weighted by Crippen LogP contribution is -2.47. The predicted molar refractivity (Wildman–Crippen MR) is 117 cm³/mol. The number of hydrogen-bond donors (Lipinski definition) is 1. The molecule has 1 aliphatic rings. The van der Waals surface area contributed by atoms with Crippen LogP contribution in [0.3, 0.4) is 0 Å². The molecule has 0 saturated carbocycles. The van der Waals surface area contributed by atoms with Gasteiger partial charge in [0.1, 0.15) is 25.1 Å². The van der Waals surface area contributed by atoms with Crippen LogP contribution in [0, 0.1) is 5.82 Å². The van der Waals surface area contributed by atoms with Crippen LogP contribution in [0.4, 0.5) is 4.39 Å². The van der Waals surface area contributed by atoms with Crippen molar-refractivity contribution in [1.29, 1.82) is 0 Å². The van der Waals surface area contributed by atoms with Crippen molar-refractivity contribution in [2.24, 2.45) is 0 Å². The van der Waals surface area contributed by atoms with E-state index in [0.29, 0.717) is 42.4 Å². The molecular weight excluding hydrogens is 443 g/mol. The van der Waals surface area contributed by atoms with Gasteiger partial charge in [-0.3, -0.25) is 4.79 Å². The fourth-order valence-electron chi connectivity index (χ4n) is 3.14. The molecule has 0 spiro atoms. The van der Waals surface area contributed by atoms with Gasteiger partial charge in [-0.05, 0) is 36.6 Å². The number of likely N-dealkylation sites (N-methyl/N-ethyl adjacent to an activating group) is 1. The zero-order valence-electron chi connectivity index (χ0n) is 17.3. The van der Waals surface area contributed by atoms with Crippen molar-refractivity contribution < 1.29 is 27.1 Å². The number of nitrogens with one attached hydrogen (secondary N) is 1. The smallest absolute Gasteiger partial charge is 0.241 e. The first kappa shape index (κ1) is 23.4. The van der Waals surface area contributed by atoms with E-state index in [0.717, 1.165) is 0 Å². The maximum absolute atomic E-state index is 14.0. The molecule has 0 fully saturated rings. The third kappa shape index (κ3) is 5.90. The molecule has 0 radical (unpaired) electrons. The van der Waals surface area contributed by atoms with Crippen LogP contribution in [0.25, 0.3) is 0 Å². The van der Waals surface area contributed by atoms with Crippen LogP contribution in [0.15, 0.2) is 47.4 Å². The first-order valence-corrected chi connectivity index (χ1v) is 12.6. The van der Waals surface area contributed by atoms with Gasteiger partial charge in [-0.15, -0.1) is 0 Å². The van der Waals surface area contributed by atoms with Gasteiger partial charge in [0.15, 0.2) is 11.5 Å². The summed E-state index contributed by atoms with van der Waals surface area (Å²) in [4.78, 5) is 14.3. The van der Waals surface area contributed by atoms with Crippen molar-refractivity contribution in [2.75, 3.05) is 32.3 Å². The molecule has 1 atom stereocenters. The number of amides is 1. The molecule has 1 N–H and O–H groups in total. The lowest BCUT2D eigenvalue weighted by Gasteiger charge is -2.25. The highest BCUT2D eigenvalue weighted by atomic mass is 32.2. The summed E-state index contributed by atoms with van der Waals surface area (Å²) >= 11 is 1.50. The molecule has 0 aromatic heterocycles. The number of sulfonamides is 1. The third-order valence-corrected chi connectivity index (χ3v) is 6.88. The van der Waals surface area contributed by atoms with Crippen LogP contribution in [0.1, 0.15) is 12.0 Å². The molecule has 1 heterocycles. The quantitative estimate of drug-likeness (QED) is 0.609. The van der Waals surface area contributed by atoms with Gasteiger partial charge in [0.2, 0.25) is 15.9 Å². The van der Waals surface area contributed by atoms with Crippen molar-refractivity contribution in [3.05, 3.63) is 53.8 Å². The van der Waals surface area contributed by atoms with Crippen LogP contribution in [0.2, 0.25) is 0 Å². The Morgan fingerprint density at radius 1 is 1.19 bits per heavy atom. The molecule has 31 heavy (non-hydrogen) atoms. The summed E-state index contributed by atoms with van der Waals surface area (Å²) in [6, 6.07) is 9.52. The number of hydrogen-bond acceptors (Lipinski definition) is 6. The topological polar surface area (TPSA) is 84.9 Å². The molecule has 2 aromatic rings. The highest BCUT2D eigenvalue weighted by Gasteiger charge is 2.29. The van der Waals surface area contributed by atoms with Crippen LogP contribution < -0.4 is 14.2 Å². The van der Waals surface area contributed by atoms with Crippen molar-refractivity contribution >= 4 is 27.7 Å². The van der Waals surface area contributed by atoms with E-state index >= 15 is 0 Å². The maximum atomic E-state index is 14.0. The average Bonchev–Trinajstić information content (AvgIpc) is 2.77. The van der Waals surface area contributed by atoms with Gasteiger partial charge in [-0.2, -0.15) is 16.5 Å². The third-order valence-electron chi connectivity index (χ3n) is 4.77. The Morgan fingerprint density at radius 3 is 2.61 bits per heavy atom. The van der Waals surface area contributed by atoms with Gasteiger partial charge in [0, 0.05) is 25.2 Å². The normalized spacial score (nSPS) is 14.2. The lowest BCUT2D eigenvalue weighted by molar-refractivity contribution is -0.132. The van der Waals surface area contributed by atoms with Gasteiger partial charge in [-0.1, -0.05) is 18.2 Å². The second-order valence-corrected chi connectivity index (χ2v) is 9.75. The molecular formula is C21H25FN2O5S2. The number of benzene rings is 2. The molecule has 1 amide bonds. The molecule has 0 aliphatic carbocycles. The summed E-state index contributed by atoms with van der Waals surface area (Å²) in [5.41, 5.74) is 0.358. The van der Waals surface area contributed by atoms with Gasteiger partial charge in [-0.25, -0.2) is 12.8 Å². The Labute approximate surface area is 186 Å². The number of thioether (sulfide) groups is 1. The largest absolute Gasteiger partial charge is 0.486 e. The lowest BCUT2D eigenvalue weighted by atomic mass is 10.1. The zero-order valence-corrected chi connectivity index (χ0v) is 19.0. The van der Waals surface area contributed by atoms with E-state index in [9.17, 15) is 17.6 Å². The van der Waals surface area contributed by atoms with Crippen molar-refractivity contribution in [3.63, 3.8) is 0 Å². The van der Waals surface area contributed by atoms with E-state index in [1.54, 1.807) is 18.2 Å². The van der Waals surface area contributed by atoms with Crippen LogP contribution in [-0.2, 0) is 21.4 Å². The summed E-state index contributed by atoms with van der Waals surface area (Å²) in [5, 5.41) is 0. The number of fused-ring (bicyclic) bond motifs is 1. The summed E-state index contributed by atoms with van der Waals surface area (Å²) in [6.07, 6.45) is 2.17. The first-order valence-electron chi connectivity index (χ1n) is 9.71. The summed E-state index contributed by atoms with van der Waals surface area (Å²) < 4.78 is 53.3. The van der Waals surface area contributed by atoms with E-state index in [4.69, 9.17) is 9.47 Å².